The number of carbonyl (C=O) groups is 1. The van der Waals surface area contributed by atoms with E-state index in [2.05, 4.69) is 0 Å². The number of thioether (sulfide) groups is 1. The third-order valence-corrected chi connectivity index (χ3v) is 6.03. The molecule has 0 aromatic heterocycles. The topological polar surface area (TPSA) is 38.8 Å². The third-order valence-electron chi connectivity index (χ3n) is 4.73. The van der Waals surface area contributed by atoms with E-state index in [0.29, 0.717) is 32.8 Å². The van der Waals surface area contributed by atoms with Crippen molar-refractivity contribution in [2.75, 3.05) is 11.5 Å². The van der Waals surface area contributed by atoms with Crippen LogP contribution in [0, 0.1) is 5.82 Å². The first-order chi connectivity index (χ1) is 15.5. The number of benzene rings is 3. The molecular weight excluding hydrogens is 445 g/mol. The normalized spacial score (nSPS) is 14.8. The Bertz CT molecular complexity index is 1160. The van der Waals surface area contributed by atoms with Crippen LogP contribution in [-0.4, -0.2) is 16.8 Å². The van der Waals surface area contributed by atoms with E-state index in [0.717, 1.165) is 11.3 Å². The average molecular weight is 466 g/mol. The van der Waals surface area contributed by atoms with Gasteiger partial charge in [0, 0.05) is 5.56 Å². The van der Waals surface area contributed by atoms with Gasteiger partial charge < -0.3 is 9.47 Å². The van der Waals surface area contributed by atoms with Gasteiger partial charge in [-0.1, -0.05) is 54.3 Å². The lowest BCUT2D eigenvalue weighted by Gasteiger charge is -2.15. The van der Waals surface area contributed by atoms with Crippen LogP contribution in [0.4, 0.5) is 10.1 Å². The lowest BCUT2D eigenvalue weighted by atomic mass is 10.2. The van der Waals surface area contributed by atoms with Crippen LogP contribution in [-0.2, 0) is 11.4 Å². The Morgan fingerprint density at radius 1 is 0.969 bits per heavy atom. The highest BCUT2D eigenvalue weighted by Crippen LogP contribution is 2.36. The predicted octanol–water partition coefficient (Wildman–Crippen LogP) is 6.21. The van der Waals surface area contributed by atoms with Crippen LogP contribution >= 0.6 is 24.0 Å². The summed E-state index contributed by atoms with van der Waals surface area (Å²) in [4.78, 5) is 15.0. The molecule has 7 heteroatoms. The predicted molar refractivity (Wildman–Crippen MR) is 130 cm³/mol. The number of thiocarbonyl (C=S) groups is 1. The van der Waals surface area contributed by atoms with Crippen molar-refractivity contribution in [2.45, 2.75) is 13.5 Å². The van der Waals surface area contributed by atoms with Gasteiger partial charge in [-0.2, -0.15) is 0 Å². The molecule has 162 valence electrons. The quantitative estimate of drug-likeness (QED) is 0.306. The highest BCUT2D eigenvalue weighted by atomic mass is 32.2. The molecule has 1 fully saturated rings. The Kier molecular flexibility index (Phi) is 6.87. The summed E-state index contributed by atoms with van der Waals surface area (Å²) in [5.41, 5.74) is 2.04. The first-order valence-electron chi connectivity index (χ1n) is 10.0. The molecule has 1 heterocycles. The molecule has 3 aromatic rings. The fraction of sp³-hybridized carbons (Fsp3) is 0.120. The van der Waals surface area contributed by atoms with Gasteiger partial charge in [-0.25, -0.2) is 4.39 Å². The Morgan fingerprint density at radius 2 is 1.62 bits per heavy atom. The number of nitrogens with zero attached hydrogens (tertiary/aromatic N) is 1. The molecule has 0 spiro atoms. The summed E-state index contributed by atoms with van der Waals surface area (Å²) < 4.78 is 25.3. The highest BCUT2D eigenvalue weighted by molar-refractivity contribution is 8.27. The number of hydrogen-bond acceptors (Lipinski definition) is 5. The molecule has 4 rings (SSSR count). The van der Waals surface area contributed by atoms with Crippen molar-refractivity contribution in [3.63, 3.8) is 0 Å². The molecule has 0 N–H and O–H groups in total. The summed E-state index contributed by atoms with van der Waals surface area (Å²) in [6.07, 6.45) is 1.80. The number of amides is 1. The molecule has 1 aliphatic heterocycles. The lowest BCUT2D eigenvalue weighted by molar-refractivity contribution is -0.113. The molecule has 3 aromatic carbocycles. The van der Waals surface area contributed by atoms with Crippen LogP contribution in [0.1, 0.15) is 18.1 Å². The standard InChI is InChI=1S/C25H20FNO3S2/c1-2-29-20-13-9-19(10-14-20)27-24(28)23(32-25(27)31)15-17-7-11-21(12-8-17)30-16-18-5-3-4-6-22(18)26/h3-15H,2,16H2,1H3/b23-15+. The van der Waals surface area contributed by atoms with Gasteiger partial charge in [0.15, 0.2) is 4.32 Å². The molecular formula is C25H20FNO3S2. The van der Waals surface area contributed by atoms with Crippen molar-refractivity contribution in [1.29, 1.82) is 0 Å². The maximum atomic E-state index is 13.7. The minimum Gasteiger partial charge on any atom is -0.494 e. The van der Waals surface area contributed by atoms with Crippen molar-refractivity contribution in [2.24, 2.45) is 0 Å². The fourth-order valence-electron chi connectivity index (χ4n) is 3.14. The van der Waals surface area contributed by atoms with E-state index in [9.17, 15) is 9.18 Å². The zero-order valence-corrected chi connectivity index (χ0v) is 18.9. The molecule has 32 heavy (non-hydrogen) atoms. The second-order valence-corrected chi connectivity index (χ2v) is 8.57. The lowest BCUT2D eigenvalue weighted by Crippen LogP contribution is -2.27. The minimum atomic E-state index is -0.293. The van der Waals surface area contributed by atoms with E-state index in [-0.39, 0.29) is 18.3 Å². The monoisotopic (exact) mass is 465 g/mol. The SMILES string of the molecule is CCOc1ccc(N2C(=O)/C(=C\c3ccc(OCc4ccccc4F)cc3)SC2=S)cc1. The summed E-state index contributed by atoms with van der Waals surface area (Å²) >= 11 is 6.70. The number of ether oxygens (including phenoxy) is 2. The summed E-state index contributed by atoms with van der Waals surface area (Å²) in [5, 5.41) is 0. The molecule has 0 saturated carbocycles. The summed E-state index contributed by atoms with van der Waals surface area (Å²) in [5.74, 6) is 0.907. The Labute approximate surface area is 195 Å². The Morgan fingerprint density at radius 3 is 2.31 bits per heavy atom. The first kappa shape index (κ1) is 22.0. The zero-order valence-electron chi connectivity index (χ0n) is 17.3. The number of anilines is 1. The van der Waals surface area contributed by atoms with Gasteiger partial charge in [-0.15, -0.1) is 0 Å². The molecule has 0 atom stereocenters. The van der Waals surface area contributed by atoms with E-state index in [4.69, 9.17) is 21.7 Å². The summed E-state index contributed by atoms with van der Waals surface area (Å²) in [6, 6.07) is 21.1. The van der Waals surface area contributed by atoms with Crippen LogP contribution in [0.2, 0.25) is 0 Å². The van der Waals surface area contributed by atoms with Gasteiger partial charge in [0.1, 0.15) is 23.9 Å². The van der Waals surface area contributed by atoms with E-state index < -0.39 is 0 Å². The molecule has 4 nitrogen and oxygen atoms in total. The molecule has 0 aliphatic carbocycles. The number of halogens is 1. The second-order valence-electron chi connectivity index (χ2n) is 6.89. The van der Waals surface area contributed by atoms with Crippen LogP contribution in [0.5, 0.6) is 11.5 Å². The van der Waals surface area contributed by atoms with Crippen LogP contribution in [0.25, 0.3) is 6.08 Å². The maximum Gasteiger partial charge on any atom is 0.270 e. The molecule has 0 radical (unpaired) electrons. The Balaban J connectivity index is 1.44. The zero-order chi connectivity index (χ0) is 22.5. The molecule has 1 aliphatic rings. The van der Waals surface area contributed by atoms with Gasteiger partial charge in [0.05, 0.1) is 17.2 Å². The summed E-state index contributed by atoms with van der Waals surface area (Å²) in [7, 11) is 0. The van der Waals surface area contributed by atoms with Gasteiger partial charge in [0.25, 0.3) is 5.91 Å². The van der Waals surface area contributed by atoms with Gasteiger partial charge in [-0.3, -0.25) is 9.69 Å². The van der Waals surface area contributed by atoms with Gasteiger partial charge >= 0.3 is 0 Å². The fourth-order valence-corrected chi connectivity index (χ4v) is 4.44. The smallest absolute Gasteiger partial charge is 0.270 e. The largest absolute Gasteiger partial charge is 0.494 e. The van der Waals surface area contributed by atoms with Gasteiger partial charge in [-0.05, 0) is 61.0 Å². The first-order valence-corrected chi connectivity index (χ1v) is 11.2. The van der Waals surface area contributed by atoms with E-state index >= 15 is 0 Å². The van der Waals surface area contributed by atoms with Crippen molar-refractivity contribution in [3.8, 4) is 11.5 Å². The second kappa shape index (κ2) is 9.97. The number of rotatable bonds is 7. The number of carbonyl (C=O) groups excluding carboxylic acids is 1. The van der Waals surface area contributed by atoms with E-state index in [1.54, 1.807) is 36.4 Å². The molecule has 0 unspecified atom stereocenters. The highest BCUT2D eigenvalue weighted by Gasteiger charge is 2.33. The summed E-state index contributed by atoms with van der Waals surface area (Å²) in [6.45, 7) is 2.64. The van der Waals surface area contributed by atoms with E-state index in [1.807, 2.05) is 43.3 Å². The molecule has 1 saturated heterocycles. The van der Waals surface area contributed by atoms with Crippen molar-refractivity contribution >= 4 is 46.0 Å². The van der Waals surface area contributed by atoms with Crippen LogP contribution in [0.3, 0.4) is 0 Å². The van der Waals surface area contributed by atoms with E-state index in [1.165, 1.54) is 22.7 Å². The van der Waals surface area contributed by atoms with Crippen LogP contribution < -0.4 is 14.4 Å². The third kappa shape index (κ3) is 5.00. The van der Waals surface area contributed by atoms with Crippen LogP contribution in [0.15, 0.2) is 77.7 Å². The minimum absolute atomic E-state index is 0.146. The maximum absolute atomic E-state index is 13.7. The van der Waals surface area contributed by atoms with Crippen molar-refractivity contribution < 1.29 is 18.7 Å². The average Bonchev–Trinajstić information content (AvgIpc) is 3.08. The molecule has 1 amide bonds. The van der Waals surface area contributed by atoms with Crippen molar-refractivity contribution in [3.05, 3.63) is 94.6 Å². The van der Waals surface area contributed by atoms with Crippen molar-refractivity contribution in [1.82, 2.24) is 0 Å². The number of hydrogen-bond donors (Lipinski definition) is 0. The molecule has 0 bridgehead atoms. The Hall–Kier alpha value is -3.16. The van der Waals surface area contributed by atoms with Gasteiger partial charge in [0.2, 0.25) is 0 Å².